The second-order valence-corrected chi connectivity index (χ2v) is 7.68. The third kappa shape index (κ3) is 4.36. The molecule has 1 fully saturated rings. The SMILES string of the molecule is O=c1c2ccccc2nc(SCCOc2ccc(F)cc2)n1CC1CCCO1. The van der Waals surface area contributed by atoms with Crippen molar-refractivity contribution in [1.82, 2.24) is 9.55 Å². The Morgan fingerprint density at radius 1 is 1.21 bits per heavy atom. The van der Waals surface area contributed by atoms with E-state index in [2.05, 4.69) is 0 Å². The van der Waals surface area contributed by atoms with Crippen molar-refractivity contribution in [2.24, 2.45) is 0 Å². The largest absolute Gasteiger partial charge is 0.493 e. The number of nitrogens with zero attached hydrogens (tertiary/aromatic N) is 2. The van der Waals surface area contributed by atoms with Crippen molar-refractivity contribution in [3.8, 4) is 5.75 Å². The van der Waals surface area contributed by atoms with Gasteiger partial charge in [0.15, 0.2) is 5.16 Å². The fourth-order valence-corrected chi connectivity index (χ4v) is 4.06. The third-order valence-electron chi connectivity index (χ3n) is 4.63. The maximum absolute atomic E-state index is 13.0. The van der Waals surface area contributed by atoms with Gasteiger partial charge in [-0.3, -0.25) is 9.36 Å². The van der Waals surface area contributed by atoms with Crippen LogP contribution in [0.5, 0.6) is 5.75 Å². The Labute approximate surface area is 166 Å². The van der Waals surface area contributed by atoms with E-state index < -0.39 is 0 Å². The van der Waals surface area contributed by atoms with E-state index >= 15 is 0 Å². The lowest BCUT2D eigenvalue weighted by molar-refractivity contribution is 0.0937. The summed E-state index contributed by atoms with van der Waals surface area (Å²) in [6.07, 6.45) is 2.03. The molecule has 1 atom stereocenters. The molecule has 0 saturated carbocycles. The predicted octanol–water partition coefficient (Wildman–Crippen LogP) is 3.89. The van der Waals surface area contributed by atoms with Crippen LogP contribution in [0.4, 0.5) is 4.39 Å². The summed E-state index contributed by atoms with van der Waals surface area (Å²) in [5.41, 5.74) is 0.654. The molecule has 28 heavy (non-hydrogen) atoms. The summed E-state index contributed by atoms with van der Waals surface area (Å²) in [7, 11) is 0. The maximum Gasteiger partial charge on any atom is 0.262 e. The lowest BCUT2D eigenvalue weighted by Gasteiger charge is -2.16. The summed E-state index contributed by atoms with van der Waals surface area (Å²) >= 11 is 1.48. The van der Waals surface area contributed by atoms with Gasteiger partial charge in [0, 0.05) is 12.4 Å². The number of fused-ring (bicyclic) bond motifs is 1. The van der Waals surface area contributed by atoms with E-state index in [0.717, 1.165) is 19.4 Å². The first kappa shape index (κ1) is 19.0. The summed E-state index contributed by atoms with van der Waals surface area (Å²) in [6, 6.07) is 13.3. The zero-order valence-corrected chi connectivity index (χ0v) is 16.2. The molecule has 0 bridgehead atoms. The molecule has 1 aromatic heterocycles. The first-order valence-corrected chi connectivity index (χ1v) is 10.3. The van der Waals surface area contributed by atoms with Crippen LogP contribution in [0.15, 0.2) is 58.5 Å². The molecule has 4 rings (SSSR count). The molecular formula is C21H21FN2O3S. The lowest BCUT2D eigenvalue weighted by atomic mass is 10.2. The van der Waals surface area contributed by atoms with Crippen LogP contribution in [0.25, 0.3) is 10.9 Å². The highest BCUT2D eigenvalue weighted by atomic mass is 32.2. The molecule has 0 N–H and O–H groups in total. The van der Waals surface area contributed by atoms with Crippen molar-refractivity contribution in [2.75, 3.05) is 19.0 Å². The van der Waals surface area contributed by atoms with Crippen LogP contribution in [0, 0.1) is 5.82 Å². The quantitative estimate of drug-likeness (QED) is 0.342. The normalized spacial score (nSPS) is 16.5. The standard InChI is InChI=1S/C21H21FN2O3S/c22-15-7-9-16(10-8-15)27-12-13-28-21-23-19-6-2-1-5-18(19)20(25)24(21)14-17-4-3-11-26-17/h1-2,5-10,17H,3-4,11-14H2. The highest BCUT2D eigenvalue weighted by Crippen LogP contribution is 2.21. The maximum atomic E-state index is 13.0. The number of thioether (sulfide) groups is 1. The highest BCUT2D eigenvalue weighted by Gasteiger charge is 2.20. The molecule has 0 amide bonds. The molecule has 3 aromatic rings. The van der Waals surface area contributed by atoms with Crippen LogP contribution in [0.2, 0.25) is 0 Å². The molecular weight excluding hydrogens is 379 g/mol. The monoisotopic (exact) mass is 400 g/mol. The summed E-state index contributed by atoms with van der Waals surface area (Å²) in [5.74, 6) is 0.943. The Morgan fingerprint density at radius 3 is 2.82 bits per heavy atom. The van der Waals surface area contributed by atoms with E-state index in [1.807, 2.05) is 24.3 Å². The molecule has 0 spiro atoms. The number of para-hydroxylation sites is 1. The molecule has 2 heterocycles. The molecule has 1 unspecified atom stereocenters. The van der Waals surface area contributed by atoms with Crippen LogP contribution in [0.3, 0.4) is 0 Å². The summed E-state index contributed by atoms with van der Waals surface area (Å²) < 4.78 is 26.1. The van der Waals surface area contributed by atoms with Crippen molar-refractivity contribution < 1.29 is 13.9 Å². The first-order valence-electron chi connectivity index (χ1n) is 9.33. The van der Waals surface area contributed by atoms with Crippen molar-refractivity contribution in [2.45, 2.75) is 30.6 Å². The van der Waals surface area contributed by atoms with Crippen molar-refractivity contribution in [3.63, 3.8) is 0 Å². The number of hydrogen-bond donors (Lipinski definition) is 0. The average molecular weight is 400 g/mol. The number of benzene rings is 2. The van der Waals surface area contributed by atoms with Gasteiger partial charge in [-0.1, -0.05) is 23.9 Å². The van der Waals surface area contributed by atoms with E-state index in [1.54, 1.807) is 16.7 Å². The van der Waals surface area contributed by atoms with Crippen LogP contribution < -0.4 is 10.3 Å². The number of aromatic nitrogens is 2. The minimum absolute atomic E-state index is 0.0388. The van der Waals surface area contributed by atoms with E-state index in [1.165, 1.54) is 23.9 Å². The zero-order valence-electron chi connectivity index (χ0n) is 15.3. The van der Waals surface area contributed by atoms with Gasteiger partial charge in [-0.15, -0.1) is 0 Å². The van der Waals surface area contributed by atoms with Crippen LogP contribution in [-0.2, 0) is 11.3 Å². The molecule has 146 valence electrons. The molecule has 0 aliphatic carbocycles. The average Bonchev–Trinajstić information content (AvgIpc) is 3.22. The van der Waals surface area contributed by atoms with Gasteiger partial charge in [-0.25, -0.2) is 9.37 Å². The smallest absolute Gasteiger partial charge is 0.262 e. The van der Waals surface area contributed by atoms with E-state index in [0.29, 0.717) is 40.7 Å². The first-order chi connectivity index (χ1) is 13.7. The second-order valence-electron chi connectivity index (χ2n) is 6.61. The van der Waals surface area contributed by atoms with Gasteiger partial charge < -0.3 is 9.47 Å². The van der Waals surface area contributed by atoms with Crippen LogP contribution in [0.1, 0.15) is 12.8 Å². The van der Waals surface area contributed by atoms with Gasteiger partial charge in [0.1, 0.15) is 11.6 Å². The van der Waals surface area contributed by atoms with E-state index in [4.69, 9.17) is 14.5 Å². The molecule has 0 radical (unpaired) electrons. The predicted molar refractivity (Wildman–Crippen MR) is 108 cm³/mol. The molecule has 1 aliphatic rings. The van der Waals surface area contributed by atoms with Gasteiger partial charge in [0.2, 0.25) is 0 Å². The van der Waals surface area contributed by atoms with E-state index in [9.17, 15) is 9.18 Å². The fraction of sp³-hybridized carbons (Fsp3) is 0.333. The Morgan fingerprint density at radius 2 is 2.04 bits per heavy atom. The molecule has 1 saturated heterocycles. The van der Waals surface area contributed by atoms with Gasteiger partial charge >= 0.3 is 0 Å². The number of rotatable bonds is 7. The Kier molecular flexibility index (Phi) is 5.92. The van der Waals surface area contributed by atoms with Crippen molar-refractivity contribution in [3.05, 3.63) is 64.7 Å². The zero-order chi connectivity index (χ0) is 19.3. The number of hydrogen-bond acceptors (Lipinski definition) is 5. The van der Waals surface area contributed by atoms with E-state index in [-0.39, 0.29) is 17.5 Å². The number of ether oxygens (including phenoxy) is 2. The van der Waals surface area contributed by atoms with Crippen LogP contribution >= 0.6 is 11.8 Å². The fourth-order valence-electron chi connectivity index (χ4n) is 3.23. The third-order valence-corrected chi connectivity index (χ3v) is 5.57. The van der Waals surface area contributed by atoms with Gasteiger partial charge in [0.25, 0.3) is 5.56 Å². The van der Waals surface area contributed by atoms with Gasteiger partial charge in [-0.2, -0.15) is 0 Å². The molecule has 1 aliphatic heterocycles. The van der Waals surface area contributed by atoms with Gasteiger partial charge in [0.05, 0.1) is 30.2 Å². The Hall–Kier alpha value is -2.38. The van der Waals surface area contributed by atoms with Gasteiger partial charge in [-0.05, 0) is 49.2 Å². The lowest BCUT2D eigenvalue weighted by Crippen LogP contribution is -2.29. The number of halogens is 1. The second kappa shape index (κ2) is 8.75. The topological polar surface area (TPSA) is 53.3 Å². The van der Waals surface area contributed by atoms with Crippen molar-refractivity contribution in [1.29, 1.82) is 0 Å². The van der Waals surface area contributed by atoms with Crippen molar-refractivity contribution >= 4 is 22.7 Å². The highest BCUT2D eigenvalue weighted by molar-refractivity contribution is 7.99. The minimum atomic E-state index is -0.291. The Balaban J connectivity index is 1.50. The molecule has 7 heteroatoms. The molecule has 2 aromatic carbocycles. The summed E-state index contributed by atoms with van der Waals surface area (Å²) in [4.78, 5) is 17.7. The summed E-state index contributed by atoms with van der Waals surface area (Å²) in [5, 5.41) is 1.29. The van der Waals surface area contributed by atoms with Crippen LogP contribution in [-0.4, -0.2) is 34.6 Å². The minimum Gasteiger partial charge on any atom is -0.493 e. The summed E-state index contributed by atoms with van der Waals surface area (Å²) in [6.45, 7) is 1.69. The molecule has 5 nitrogen and oxygen atoms in total. The Bertz CT molecular complexity index is 1000.